The maximum absolute atomic E-state index is 12.0. The highest BCUT2D eigenvalue weighted by molar-refractivity contribution is 7.99. The van der Waals surface area contributed by atoms with Gasteiger partial charge in [0.2, 0.25) is 5.91 Å². The zero-order valence-electron chi connectivity index (χ0n) is 12.1. The lowest BCUT2D eigenvalue weighted by Crippen LogP contribution is -2.40. The van der Waals surface area contributed by atoms with Crippen LogP contribution in [0, 0.1) is 5.92 Å². The molecule has 3 nitrogen and oxygen atoms in total. The third-order valence-electron chi connectivity index (χ3n) is 3.45. The van der Waals surface area contributed by atoms with Crippen molar-refractivity contribution < 1.29 is 18.0 Å². The number of carbonyl (C=O) groups is 1. The summed E-state index contributed by atoms with van der Waals surface area (Å²) >= 11 is 1.78. The normalized spacial score (nSPS) is 19.3. The molecule has 122 valence electrons. The SMILES string of the molecule is O=C(CN1CCC(CSc2ccccc2)C1)NCC(F)(F)F. The number of hydrogen-bond donors (Lipinski definition) is 1. The van der Waals surface area contributed by atoms with E-state index in [0.717, 1.165) is 25.3 Å². The molecule has 1 unspecified atom stereocenters. The number of hydrogen-bond acceptors (Lipinski definition) is 3. The number of benzene rings is 1. The molecule has 1 aromatic rings. The summed E-state index contributed by atoms with van der Waals surface area (Å²) in [6, 6.07) is 10.1. The van der Waals surface area contributed by atoms with Gasteiger partial charge in [0.15, 0.2) is 0 Å². The van der Waals surface area contributed by atoms with Crippen molar-refractivity contribution in [2.24, 2.45) is 5.92 Å². The number of halogens is 3. The number of thioether (sulfide) groups is 1. The Kier molecular flexibility index (Phi) is 6.14. The highest BCUT2D eigenvalue weighted by atomic mass is 32.2. The molecule has 1 aliphatic heterocycles. The molecule has 1 fully saturated rings. The summed E-state index contributed by atoms with van der Waals surface area (Å²) in [4.78, 5) is 14.6. The fraction of sp³-hybridized carbons (Fsp3) is 0.533. The van der Waals surface area contributed by atoms with E-state index >= 15 is 0 Å². The van der Waals surface area contributed by atoms with E-state index in [2.05, 4.69) is 12.1 Å². The molecule has 7 heteroatoms. The van der Waals surface area contributed by atoms with E-state index in [1.165, 1.54) is 4.90 Å². The number of nitrogens with zero attached hydrogens (tertiary/aromatic N) is 1. The molecule has 22 heavy (non-hydrogen) atoms. The van der Waals surface area contributed by atoms with Gasteiger partial charge in [-0.2, -0.15) is 13.2 Å². The van der Waals surface area contributed by atoms with Crippen LogP contribution in [0.4, 0.5) is 13.2 Å². The number of carbonyl (C=O) groups excluding carboxylic acids is 1. The molecule has 0 aliphatic carbocycles. The molecule has 0 saturated carbocycles. The van der Waals surface area contributed by atoms with Crippen molar-refractivity contribution >= 4 is 17.7 Å². The molecule has 2 rings (SSSR count). The summed E-state index contributed by atoms with van der Waals surface area (Å²) < 4.78 is 36.1. The predicted octanol–water partition coefficient (Wildman–Crippen LogP) is 2.78. The minimum Gasteiger partial charge on any atom is -0.346 e. The molecular formula is C15H19F3N2OS. The van der Waals surface area contributed by atoms with Crippen LogP contribution in [0.25, 0.3) is 0 Å². The smallest absolute Gasteiger partial charge is 0.346 e. The second-order valence-corrected chi connectivity index (χ2v) is 6.50. The van der Waals surface area contributed by atoms with E-state index < -0.39 is 18.6 Å². The summed E-state index contributed by atoms with van der Waals surface area (Å²) in [5.41, 5.74) is 0. The maximum Gasteiger partial charge on any atom is 0.405 e. The number of nitrogens with one attached hydrogen (secondary N) is 1. The summed E-state index contributed by atoms with van der Waals surface area (Å²) in [6.45, 7) is 0.314. The van der Waals surface area contributed by atoms with Crippen LogP contribution in [0.1, 0.15) is 6.42 Å². The summed E-state index contributed by atoms with van der Waals surface area (Å²) in [7, 11) is 0. The van der Waals surface area contributed by atoms with Gasteiger partial charge in [0.25, 0.3) is 0 Å². The van der Waals surface area contributed by atoms with Crippen LogP contribution < -0.4 is 5.32 Å². The molecule has 1 saturated heterocycles. The summed E-state index contributed by atoms with van der Waals surface area (Å²) in [6.07, 6.45) is -3.37. The van der Waals surface area contributed by atoms with Gasteiger partial charge in [-0.3, -0.25) is 9.69 Å². The van der Waals surface area contributed by atoms with E-state index in [4.69, 9.17) is 0 Å². The van der Waals surface area contributed by atoms with Crippen molar-refractivity contribution in [2.75, 3.05) is 31.9 Å². The molecule has 1 atom stereocenters. The predicted molar refractivity (Wildman–Crippen MR) is 80.8 cm³/mol. The molecule has 1 N–H and O–H groups in total. The van der Waals surface area contributed by atoms with Crippen molar-refractivity contribution in [3.05, 3.63) is 30.3 Å². The molecule has 0 aromatic heterocycles. The first-order chi connectivity index (χ1) is 10.4. The fourth-order valence-corrected chi connectivity index (χ4v) is 3.43. The molecule has 0 radical (unpaired) electrons. The van der Waals surface area contributed by atoms with E-state index in [0.29, 0.717) is 5.92 Å². The van der Waals surface area contributed by atoms with E-state index in [1.807, 2.05) is 28.4 Å². The Labute approximate surface area is 132 Å². The number of rotatable bonds is 6. The average molecular weight is 332 g/mol. The van der Waals surface area contributed by atoms with Gasteiger partial charge in [-0.25, -0.2) is 0 Å². The third kappa shape index (κ3) is 6.27. The monoisotopic (exact) mass is 332 g/mol. The zero-order valence-corrected chi connectivity index (χ0v) is 12.9. The van der Waals surface area contributed by atoms with Crippen molar-refractivity contribution in [2.45, 2.75) is 17.5 Å². The van der Waals surface area contributed by atoms with Gasteiger partial charge in [0.1, 0.15) is 6.54 Å². The van der Waals surface area contributed by atoms with Crippen LogP contribution >= 0.6 is 11.8 Å². The Balaban J connectivity index is 1.66. The third-order valence-corrected chi connectivity index (χ3v) is 4.70. The Morgan fingerprint density at radius 3 is 2.73 bits per heavy atom. The standard InChI is InChI=1S/C15H19F3N2OS/c16-15(17,18)11-19-14(21)9-20-7-6-12(8-20)10-22-13-4-2-1-3-5-13/h1-5,12H,6-11H2,(H,19,21). The molecular weight excluding hydrogens is 313 g/mol. The minimum atomic E-state index is -4.35. The Bertz CT molecular complexity index is 481. The van der Waals surface area contributed by atoms with Crippen LogP contribution in [0.2, 0.25) is 0 Å². The number of likely N-dealkylation sites (tertiary alicyclic amines) is 1. The molecule has 0 bridgehead atoms. The highest BCUT2D eigenvalue weighted by Crippen LogP contribution is 2.25. The van der Waals surface area contributed by atoms with Gasteiger partial charge in [-0.1, -0.05) is 18.2 Å². The van der Waals surface area contributed by atoms with E-state index in [9.17, 15) is 18.0 Å². The lowest BCUT2D eigenvalue weighted by atomic mass is 10.2. The summed E-state index contributed by atoms with van der Waals surface area (Å²) in [5, 5.41) is 1.91. The Hall–Kier alpha value is -1.21. The summed E-state index contributed by atoms with van der Waals surface area (Å²) in [5.74, 6) is 0.874. The lowest BCUT2D eigenvalue weighted by Gasteiger charge is -2.16. The quantitative estimate of drug-likeness (QED) is 0.813. The van der Waals surface area contributed by atoms with Crippen LogP contribution in [0.3, 0.4) is 0 Å². The fourth-order valence-electron chi connectivity index (χ4n) is 2.38. The molecule has 1 aromatic carbocycles. The molecule has 1 aliphatic rings. The number of amides is 1. The van der Waals surface area contributed by atoms with E-state index in [1.54, 1.807) is 11.8 Å². The average Bonchev–Trinajstić information content (AvgIpc) is 2.91. The first-order valence-electron chi connectivity index (χ1n) is 7.16. The van der Waals surface area contributed by atoms with Crippen molar-refractivity contribution in [3.8, 4) is 0 Å². The van der Waals surface area contributed by atoms with Gasteiger partial charge in [0, 0.05) is 17.2 Å². The van der Waals surface area contributed by atoms with Crippen LogP contribution in [0.15, 0.2) is 35.2 Å². The van der Waals surface area contributed by atoms with Crippen molar-refractivity contribution in [1.29, 1.82) is 0 Å². The van der Waals surface area contributed by atoms with Crippen LogP contribution in [-0.2, 0) is 4.79 Å². The first kappa shape index (κ1) is 17.1. The van der Waals surface area contributed by atoms with Gasteiger partial charge < -0.3 is 5.32 Å². The van der Waals surface area contributed by atoms with Crippen LogP contribution in [0.5, 0.6) is 0 Å². The first-order valence-corrected chi connectivity index (χ1v) is 8.14. The molecule has 1 heterocycles. The van der Waals surface area contributed by atoms with Crippen LogP contribution in [-0.4, -0.2) is 48.9 Å². The highest BCUT2D eigenvalue weighted by Gasteiger charge is 2.29. The molecule has 1 amide bonds. The number of alkyl halides is 3. The Morgan fingerprint density at radius 2 is 2.05 bits per heavy atom. The van der Waals surface area contributed by atoms with Gasteiger partial charge in [-0.15, -0.1) is 11.8 Å². The lowest BCUT2D eigenvalue weighted by molar-refractivity contribution is -0.138. The molecule has 0 spiro atoms. The second-order valence-electron chi connectivity index (χ2n) is 5.41. The van der Waals surface area contributed by atoms with Gasteiger partial charge in [-0.05, 0) is 31.0 Å². The maximum atomic E-state index is 12.0. The zero-order chi connectivity index (χ0) is 16.0. The largest absolute Gasteiger partial charge is 0.405 e. The van der Waals surface area contributed by atoms with Gasteiger partial charge in [0.05, 0.1) is 6.54 Å². The van der Waals surface area contributed by atoms with Crippen molar-refractivity contribution in [3.63, 3.8) is 0 Å². The van der Waals surface area contributed by atoms with Gasteiger partial charge >= 0.3 is 6.18 Å². The van der Waals surface area contributed by atoms with Crippen molar-refractivity contribution in [1.82, 2.24) is 10.2 Å². The second kappa shape index (κ2) is 7.87. The topological polar surface area (TPSA) is 32.3 Å². The minimum absolute atomic E-state index is 0.0442. The Morgan fingerprint density at radius 1 is 1.32 bits per heavy atom. The van der Waals surface area contributed by atoms with E-state index in [-0.39, 0.29) is 6.54 Å².